The Labute approximate surface area is 98.3 Å². The molecular formula is C12H14O5. The molecule has 17 heavy (non-hydrogen) atoms. The second kappa shape index (κ2) is 5.56. The molecule has 92 valence electrons. The average Bonchev–Trinajstić information content (AvgIpc) is 2.27. The van der Waals surface area contributed by atoms with Gasteiger partial charge in [0.15, 0.2) is 6.10 Å². The van der Waals surface area contributed by atoms with Gasteiger partial charge >= 0.3 is 5.97 Å². The number of carbonyl (C=O) groups excluding carboxylic acids is 1. The van der Waals surface area contributed by atoms with Gasteiger partial charge in [0, 0.05) is 6.42 Å². The van der Waals surface area contributed by atoms with Crippen LogP contribution in [0.5, 0.6) is 0 Å². The topological polar surface area (TPSA) is 94.8 Å². The van der Waals surface area contributed by atoms with Gasteiger partial charge in [-0.25, -0.2) is 4.79 Å². The summed E-state index contributed by atoms with van der Waals surface area (Å²) in [6, 6.07) is 6.23. The minimum Gasteiger partial charge on any atom is -0.479 e. The number of aliphatic hydroxyl groups excluding tert-OH is 2. The molecule has 0 radical (unpaired) electrons. The Balaban J connectivity index is 2.80. The van der Waals surface area contributed by atoms with Crippen LogP contribution in [0.4, 0.5) is 0 Å². The fourth-order valence-corrected chi connectivity index (χ4v) is 1.44. The third-order valence-corrected chi connectivity index (χ3v) is 2.33. The summed E-state index contributed by atoms with van der Waals surface area (Å²) in [4.78, 5) is 21.3. The van der Waals surface area contributed by atoms with Crippen LogP contribution in [0.15, 0.2) is 24.3 Å². The van der Waals surface area contributed by atoms with Crippen LogP contribution in [0, 0.1) is 0 Å². The Morgan fingerprint density at radius 1 is 1.18 bits per heavy atom. The highest BCUT2D eigenvalue weighted by molar-refractivity contribution is 5.78. The molecule has 1 aromatic rings. The van der Waals surface area contributed by atoms with E-state index in [0.29, 0.717) is 5.56 Å². The molecule has 2 unspecified atom stereocenters. The fourth-order valence-electron chi connectivity index (χ4n) is 1.44. The van der Waals surface area contributed by atoms with E-state index >= 15 is 0 Å². The molecule has 0 aromatic heterocycles. The van der Waals surface area contributed by atoms with Crippen molar-refractivity contribution in [2.45, 2.75) is 25.6 Å². The number of rotatable bonds is 5. The van der Waals surface area contributed by atoms with Crippen molar-refractivity contribution in [2.24, 2.45) is 0 Å². The minimum absolute atomic E-state index is 0.0175. The summed E-state index contributed by atoms with van der Waals surface area (Å²) >= 11 is 0. The summed E-state index contributed by atoms with van der Waals surface area (Å²) in [7, 11) is 0. The van der Waals surface area contributed by atoms with Crippen LogP contribution in [-0.4, -0.2) is 33.2 Å². The predicted octanol–water partition coefficient (Wildman–Crippen LogP) is 0.297. The summed E-state index contributed by atoms with van der Waals surface area (Å²) in [6.07, 6.45) is -3.04. The van der Waals surface area contributed by atoms with E-state index in [4.69, 9.17) is 10.2 Å². The first-order chi connectivity index (χ1) is 7.91. The summed E-state index contributed by atoms with van der Waals surface area (Å²) in [5.74, 6) is -1.46. The van der Waals surface area contributed by atoms with E-state index in [9.17, 15) is 14.7 Å². The van der Waals surface area contributed by atoms with Crippen molar-refractivity contribution < 1.29 is 24.9 Å². The molecular weight excluding hydrogens is 224 g/mol. The van der Waals surface area contributed by atoms with Gasteiger partial charge in [0.2, 0.25) is 0 Å². The van der Waals surface area contributed by atoms with Crippen LogP contribution < -0.4 is 0 Å². The second-order valence-electron chi connectivity index (χ2n) is 3.85. The summed E-state index contributed by atoms with van der Waals surface area (Å²) in [5, 5.41) is 27.2. The van der Waals surface area contributed by atoms with Crippen molar-refractivity contribution in [3.05, 3.63) is 35.4 Å². The Morgan fingerprint density at radius 2 is 1.71 bits per heavy atom. The number of aliphatic hydroxyl groups is 2. The van der Waals surface area contributed by atoms with E-state index in [0.717, 1.165) is 5.56 Å². The number of Topliss-reactive ketones (excluding diaryl/α,β-unsaturated/α-hetero) is 1. The molecule has 3 N–H and O–H groups in total. The molecule has 0 aliphatic carbocycles. The highest BCUT2D eigenvalue weighted by atomic mass is 16.4. The zero-order valence-corrected chi connectivity index (χ0v) is 9.33. The third kappa shape index (κ3) is 3.65. The monoisotopic (exact) mass is 238 g/mol. The van der Waals surface area contributed by atoms with E-state index in [1.54, 1.807) is 12.1 Å². The first-order valence-electron chi connectivity index (χ1n) is 5.09. The molecule has 0 aliphatic rings. The van der Waals surface area contributed by atoms with Gasteiger partial charge in [-0.1, -0.05) is 24.3 Å². The first kappa shape index (κ1) is 13.3. The molecule has 1 aromatic carbocycles. The second-order valence-corrected chi connectivity index (χ2v) is 3.85. The smallest absolute Gasteiger partial charge is 0.335 e. The lowest BCUT2D eigenvalue weighted by molar-refractivity contribution is -0.153. The number of carbonyl (C=O) groups is 2. The highest BCUT2D eigenvalue weighted by Gasteiger charge is 2.24. The molecule has 0 fully saturated rings. The van der Waals surface area contributed by atoms with Gasteiger partial charge in [-0.05, 0) is 18.1 Å². The highest BCUT2D eigenvalue weighted by Crippen LogP contribution is 2.18. The average molecular weight is 238 g/mol. The molecule has 0 amide bonds. The quantitative estimate of drug-likeness (QED) is 0.685. The lowest BCUT2D eigenvalue weighted by Gasteiger charge is -2.14. The number of hydrogen-bond acceptors (Lipinski definition) is 4. The number of aliphatic carboxylic acids is 1. The zero-order chi connectivity index (χ0) is 13.0. The van der Waals surface area contributed by atoms with Crippen LogP contribution in [0.3, 0.4) is 0 Å². The third-order valence-electron chi connectivity index (χ3n) is 2.33. The first-order valence-corrected chi connectivity index (χ1v) is 5.09. The lowest BCUT2D eigenvalue weighted by Crippen LogP contribution is -2.27. The molecule has 1 rings (SSSR count). The predicted molar refractivity (Wildman–Crippen MR) is 59.4 cm³/mol. The standard InChI is InChI=1S/C12H14O5/c1-7(13)6-8-2-4-9(5-3-8)10(14)11(15)12(16)17/h2-5,10-11,14-15H,6H2,1H3,(H,16,17). The van der Waals surface area contributed by atoms with Gasteiger partial charge < -0.3 is 15.3 Å². The van der Waals surface area contributed by atoms with Crippen molar-refractivity contribution in [3.8, 4) is 0 Å². The molecule has 0 aliphatic heterocycles. The van der Waals surface area contributed by atoms with Gasteiger partial charge in [-0.15, -0.1) is 0 Å². The Morgan fingerprint density at radius 3 is 2.12 bits per heavy atom. The summed E-state index contributed by atoms with van der Waals surface area (Å²) in [5.41, 5.74) is 1.07. The Bertz CT molecular complexity index is 409. The van der Waals surface area contributed by atoms with Crippen molar-refractivity contribution >= 4 is 11.8 Å². The maximum Gasteiger partial charge on any atom is 0.335 e. The van der Waals surface area contributed by atoms with Crippen LogP contribution in [0.1, 0.15) is 24.2 Å². The van der Waals surface area contributed by atoms with Gasteiger partial charge in [-0.2, -0.15) is 0 Å². The molecule has 0 saturated carbocycles. The maximum absolute atomic E-state index is 10.9. The Hall–Kier alpha value is -1.72. The van der Waals surface area contributed by atoms with Crippen LogP contribution in [0.2, 0.25) is 0 Å². The number of benzene rings is 1. The maximum atomic E-state index is 10.9. The number of ketones is 1. The minimum atomic E-state index is -1.85. The number of hydrogen-bond donors (Lipinski definition) is 3. The van der Waals surface area contributed by atoms with Crippen molar-refractivity contribution in [1.29, 1.82) is 0 Å². The van der Waals surface area contributed by atoms with E-state index in [1.165, 1.54) is 19.1 Å². The summed E-state index contributed by atoms with van der Waals surface area (Å²) < 4.78 is 0. The normalized spacial score (nSPS) is 14.1. The van der Waals surface area contributed by atoms with Crippen molar-refractivity contribution in [2.75, 3.05) is 0 Å². The van der Waals surface area contributed by atoms with E-state index in [-0.39, 0.29) is 12.2 Å². The van der Waals surface area contributed by atoms with Crippen LogP contribution in [-0.2, 0) is 16.0 Å². The zero-order valence-electron chi connectivity index (χ0n) is 9.33. The Kier molecular flexibility index (Phi) is 4.37. The van der Waals surface area contributed by atoms with Crippen molar-refractivity contribution in [3.63, 3.8) is 0 Å². The lowest BCUT2D eigenvalue weighted by atomic mass is 10.0. The van der Waals surface area contributed by atoms with E-state index < -0.39 is 18.2 Å². The van der Waals surface area contributed by atoms with Crippen LogP contribution >= 0.6 is 0 Å². The molecule has 0 heterocycles. The number of carboxylic acids is 1. The van der Waals surface area contributed by atoms with E-state index in [2.05, 4.69) is 0 Å². The van der Waals surface area contributed by atoms with Gasteiger partial charge in [-0.3, -0.25) is 4.79 Å². The SMILES string of the molecule is CC(=O)Cc1ccc(C(O)C(O)C(=O)O)cc1. The molecule has 5 nitrogen and oxygen atoms in total. The van der Waals surface area contributed by atoms with Gasteiger partial charge in [0.25, 0.3) is 0 Å². The molecule has 0 saturated heterocycles. The molecule has 2 atom stereocenters. The summed E-state index contributed by atoms with van der Waals surface area (Å²) in [6.45, 7) is 1.47. The molecule has 0 spiro atoms. The largest absolute Gasteiger partial charge is 0.479 e. The fraction of sp³-hybridized carbons (Fsp3) is 0.333. The van der Waals surface area contributed by atoms with Gasteiger partial charge in [0.1, 0.15) is 11.9 Å². The van der Waals surface area contributed by atoms with Gasteiger partial charge in [0.05, 0.1) is 0 Å². The van der Waals surface area contributed by atoms with Crippen molar-refractivity contribution in [1.82, 2.24) is 0 Å². The molecule has 5 heteroatoms. The number of carboxylic acid groups (broad SMARTS) is 1. The van der Waals surface area contributed by atoms with E-state index in [1.807, 2.05) is 0 Å². The van der Waals surface area contributed by atoms with Crippen LogP contribution in [0.25, 0.3) is 0 Å². The molecule has 0 bridgehead atoms.